The minimum Gasteiger partial charge on any atom is -0.391 e. The molecule has 0 radical (unpaired) electrons. The highest BCUT2D eigenvalue weighted by Gasteiger charge is 2.19. The van der Waals surface area contributed by atoms with E-state index >= 15 is 0 Å². The lowest BCUT2D eigenvalue weighted by atomic mass is 9.95. The van der Waals surface area contributed by atoms with Crippen LogP contribution in [0.4, 0.5) is 0 Å². The first-order valence-electron chi connectivity index (χ1n) is 4.85. The summed E-state index contributed by atoms with van der Waals surface area (Å²) in [6.07, 6.45) is 7.37. The van der Waals surface area contributed by atoms with E-state index in [0.29, 0.717) is 5.92 Å². The van der Waals surface area contributed by atoms with Gasteiger partial charge < -0.3 is 5.32 Å². The molecule has 0 saturated carbocycles. The summed E-state index contributed by atoms with van der Waals surface area (Å²) >= 11 is 0. The molecule has 0 aromatic rings. The van der Waals surface area contributed by atoms with E-state index in [9.17, 15) is 0 Å². The fraction of sp³-hybridized carbons (Fsp3) is 0.636. The fourth-order valence-electron chi connectivity index (χ4n) is 1.90. The van der Waals surface area contributed by atoms with Gasteiger partial charge in [0.1, 0.15) is 0 Å². The summed E-state index contributed by atoms with van der Waals surface area (Å²) < 4.78 is 0. The molecule has 1 rings (SSSR count). The molecule has 12 heavy (non-hydrogen) atoms. The second kappa shape index (κ2) is 4.34. The van der Waals surface area contributed by atoms with Gasteiger partial charge in [-0.15, -0.1) is 0 Å². The Morgan fingerprint density at radius 1 is 1.75 bits per heavy atom. The molecule has 0 aromatic carbocycles. The van der Waals surface area contributed by atoms with Crippen molar-refractivity contribution in [3.05, 3.63) is 23.9 Å². The average Bonchev–Trinajstić information content (AvgIpc) is 2.52. The van der Waals surface area contributed by atoms with Crippen molar-refractivity contribution in [1.82, 2.24) is 5.32 Å². The molecule has 1 N–H and O–H groups in total. The van der Waals surface area contributed by atoms with Gasteiger partial charge in [-0.25, -0.2) is 0 Å². The summed E-state index contributed by atoms with van der Waals surface area (Å²) in [7, 11) is 1.96. The van der Waals surface area contributed by atoms with Gasteiger partial charge >= 0.3 is 0 Å². The normalized spacial score (nSPS) is 22.2. The molecule has 68 valence electrons. The molecule has 0 amide bonds. The molecule has 0 aliphatic heterocycles. The second-order valence-electron chi connectivity index (χ2n) is 3.43. The maximum Gasteiger partial charge on any atom is 0.0193 e. The maximum atomic E-state index is 4.04. The standard InChI is InChI=1S/C11H19N/c1-4-6-10-7-5-8-11(10)9(2)12-3/h7,11-12H,2,4-6,8H2,1,3H3. The van der Waals surface area contributed by atoms with Gasteiger partial charge in [-0.05, 0) is 19.3 Å². The van der Waals surface area contributed by atoms with E-state index in [-0.39, 0.29) is 0 Å². The third-order valence-corrected chi connectivity index (χ3v) is 2.59. The molecule has 0 fully saturated rings. The molecule has 1 heteroatoms. The minimum absolute atomic E-state index is 0.620. The van der Waals surface area contributed by atoms with Gasteiger partial charge in [-0.3, -0.25) is 0 Å². The molecular weight excluding hydrogens is 146 g/mol. The highest BCUT2D eigenvalue weighted by molar-refractivity contribution is 5.22. The van der Waals surface area contributed by atoms with Crippen molar-refractivity contribution >= 4 is 0 Å². The molecule has 0 heterocycles. The van der Waals surface area contributed by atoms with E-state index < -0.39 is 0 Å². The van der Waals surface area contributed by atoms with Gasteiger partial charge in [0.05, 0.1) is 0 Å². The third kappa shape index (κ3) is 1.90. The maximum absolute atomic E-state index is 4.04. The smallest absolute Gasteiger partial charge is 0.0193 e. The summed E-state index contributed by atoms with van der Waals surface area (Å²) in [6, 6.07) is 0. The Hall–Kier alpha value is -0.720. The van der Waals surface area contributed by atoms with Gasteiger partial charge in [0.25, 0.3) is 0 Å². The Morgan fingerprint density at radius 2 is 2.50 bits per heavy atom. The molecule has 0 aromatic heterocycles. The van der Waals surface area contributed by atoms with Crippen LogP contribution in [0.2, 0.25) is 0 Å². The van der Waals surface area contributed by atoms with Crippen molar-refractivity contribution in [2.24, 2.45) is 5.92 Å². The zero-order chi connectivity index (χ0) is 8.97. The number of nitrogens with one attached hydrogen (secondary N) is 1. The highest BCUT2D eigenvalue weighted by atomic mass is 14.8. The Balaban J connectivity index is 2.55. The molecule has 0 bridgehead atoms. The van der Waals surface area contributed by atoms with E-state index in [1.54, 1.807) is 5.57 Å². The van der Waals surface area contributed by atoms with E-state index in [2.05, 4.69) is 24.9 Å². The van der Waals surface area contributed by atoms with Crippen LogP contribution in [0.25, 0.3) is 0 Å². The molecule has 1 aliphatic rings. The number of hydrogen-bond donors (Lipinski definition) is 1. The van der Waals surface area contributed by atoms with Gasteiger partial charge in [-0.1, -0.05) is 31.6 Å². The Labute approximate surface area is 75.6 Å². The molecule has 1 aliphatic carbocycles. The van der Waals surface area contributed by atoms with Crippen molar-refractivity contribution in [2.75, 3.05) is 7.05 Å². The third-order valence-electron chi connectivity index (χ3n) is 2.59. The zero-order valence-electron chi connectivity index (χ0n) is 8.19. The predicted octanol–water partition coefficient (Wildman–Crippen LogP) is 2.86. The summed E-state index contributed by atoms with van der Waals surface area (Å²) in [5.74, 6) is 0.620. The van der Waals surface area contributed by atoms with E-state index in [1.807, 2.05) is 7.05 Å². The van der Waals surface area contributed by atoms with Crippen LogP contribution in [0.15, 0.2) is 23.9 Å². The second-order valence-corrected chi connectivity index (χ2v) is 3.43. The van der Waals surface area contributed by atoms with Crippen LogP contribution in [0.1, 0.15) is 32.6 Å². The van der Waals surface area contributed by atoms with Crippen LogP contribution < -0.4 is 5.32 Å². The van der Waals surface area contributed by atoms with Gasteiger partial charge in [0, 0.05) is 18.7 Å². The minimum atomic E-state index is 0.620. The molecule has 0 spiro atoms. The molecular formula is C11H19N. The Kier molecular flexibility index (Phi) is 3.39. The fourth-order valence-corrected chi connectivity index (χ4v) is 1.90. The van der Waals surface area contributed by atoms with Crippen LogP contribution in [0.5, 0.6) is 0 Å². The first kappa shape index (κ1) is 9.37. The topological polar surface area (TPSA) is 12.0 Å². The summed E-state index contributed by atoms with van der Waals surface area (Å²) in [4.78, 5) is 0. The number of rotatable bonds is 4. The van der Waals surface area contributed by atoms with Crippen LogP contribution >= 0.6 is 0 Å². The monoisotopic (exact) mass is 165 g/mol. The lowest BCUT2D eigenvalue weighted by Gasteiger charge is -2.16. The van der Waals surface area contributed by atoms with Crippen molar-refractivity contribution in [2.45, 2.75) is 32.6 Å². The van der Waals surface area contributed by atoms with Crippen molar-refractivity contribution in [1.29, 1.82) is 0 Å². The van der Waals surface area contributed by atoms with Crippen LogP contribution in [0.3, 0.4) is 0 Å². The van der Waals surface area contributed by atoms with Crippen LogP contribution in [0, 0.1) is 5.92 Å². The van der Waals surface area contributed by atoms with Crippen molar-refractivity contribution < 1.29 is 0 Å². The zero-order valence-corrected chi connectivity index (χ0v) is 8.19. The highest BCUT2D eigenvalue weighted by Crippen LogP contribution is 2.32. The first-order valence-corrected chi connectivity index (χ1v) is 4.85. The van der Waals surface area contributed by atoms with Crippen molar-refractivity contribution in [3.8, 4) is 0 Å². The lowest BCUT2D eigenvalue weighted by Crippen LogP contribution is -2.14. The summed E-state index contributed by atoms with van der Waals surface area (Å²) in [5.41, 5.74) is 2.78. The van der Waals surface area contributed by atoms with Gasteiger partial charge in [-0.2, -0.15) is 0 Å². The first-order chi connectivity index (χ1) is 5.79. The Morgan fingerprint density at radius 3 is 3.08 bits per heavy atom. The number of hydrogen-bond acceptors (Lipinski definition) is 1. The van der Waals surface area contributed by atoms with Crippen LogP contribution in [-0.4, -0.2) is 7.05 Å². The molecule has 0 saturated heterocycles. The van der Waals surface area contributed by atoms with Gasteiger partial charge in [0.2, 0.25) is 0 Å². The van der Waals surface area contributed by atoms with Gasteiger partial charge in [0.15, 0.2) is 0 Å². The molecule has 1 unspecified atom stereocenters. The van der Waals surface area contributed by atoms with E-state index in [4.69, 9.17) is 0 Å². The number of allylic oxidation sites excluding steroid dienone is 2. The Bertz CT molecular complexity index is 191. The summed E-state index contributed by atoms with van der Waals surface area (Å²) in [5, 5.41) is 3.16. The quantitative estimate of drug-likeness (QED) is 0.632. The molecule has 1 nitrogen and oxygen atoms in total. The average molecular weight is 165 g/mol. The van der Waals surface area contributed by atoms with Crippen molar-refractivity contribution in [3.63, 3.8) is 0 Å². The summed E-state index contributed by atoms with van der Waals surface area (Å²) in [6.45, 7) is 6.27. The van der Waals surface area contributed by atoms with E-state index in [1.165, 1.54) is 31.4 Å². The predicted molar refractivity (Wildman–Crippen MR) is 53.9 cm³/mol. The SMILES string of the molecule is C=C(NC)C1CCC=C1CCC. The van der Waals surface area contributed by atoms with Crippen LogP contribution in [-0.2, 0) is 0 Å². The largest absolute Gasteiger partial charge is 0.391 e. The molecule has 1 atom stereocenters. The van der Waals surface area contributed by atoms with E-state index in [0.717, 1.165) is 0 Å². The lowest BCUT2D eigenvalue weighted by molar-refractivity contribution is 0.628.